The van der Waals surface area contributed by atoms with E-state index in [-0.39, 0.29) is 24.9 Å². The van der Waals surface area contributed by atoms with Crippen molar-refractivity contribution in [3.05, 3.63) is 70.7 Å². The Hall–Kier alpha value is -3.72. The fourth-order valence-corrected chi connectivity index (χ4v) is 4.94. The van der Waals surface area contributed by atoms with Crippen LogP contribution in [0.1, 0.15) is 43.0 Å². The molecule has 182 valence electrons. The third kappa shape index (κ3) is 5.51. The fraction of sp³-hybridized carbons (Fsp3) is 0.308. The predicted molar refractivity (Wildman–Crippen MR) is 134 cm³/mol. The van der Waals surface area contributed by atoms with Crippen LogP contribution in [-0.2, 0) is 20.7 Å². The normalized spacial score (nSPS) is 13.9. The monoisotopic (exact) mass is 493 g/mol. The van der Waals surface area contributed by atoms with Crippen molar-refractivity contribution in [1.82, 2.24) is 10.3 Å². The van der Waals surface area contributed by atoms with Crippen molar-refractivity contribution in [2.75, 3.05) is 11.9 Å². The van der Waals surface area contributed by atoms with Crippen LogP contribution in [0, 0.1) is 5.92 Å². The largest absolute Gasteiger partial charge is 0.480 e. The molecule has 3 N–H and O–H groups in total. The first kappa shape index (κ1) is 24.4. The van der Waals surface area contributed by atoms with Crippen LogP contribution < -0.4 is 10.6 Å². The molecule has 1 aliphatic carbocycles. The van der Waals surface area contributed by atoms with E-state index in [4.69, 9.17) is 4.74 Å². The number of carboxylic acids is 1. The molecular weight excluding hydrogens is 466 g/mol. The van der Waals surface area contributed by atoms with Crippen LogP contribution in [-0.4, -0.2) is 40.7 Å². The first-order chi connectivity index (χ1) is 16.9. The van der Waals surface area contributed by atoms with Crippen molar-refractivity contribution in [2.24, 2.45) is 5.92 Å². The SMILES string of the molecule is CCC(C)[C@H](NC(=O)Cc1csc(NC(=O)OCC2c3ccccc3-c3ccccc32)n1)C(=O)O. The van der Waals surface area contributed by atoms with Gasteiger partial charge in [-0.05, 0) is 28.2 Å². The van der Waals surface area contributed by atoms with Gasteiger partial charge in [0.15, 0.2) is 5.13 Å². The lowest BCUT2D eigenvalue weighted by Crippen LogP contribution is -2.45. The molecule has 0 fully saturated rings. The molecule has 0 radical (unpaired) electrons. The lowest BCUT2D eigenvalue weighted by Gasteiger charge is -2.19. The molecule has 8 nitrogen and oxygen atoms in total. The Labute approximate surface area is 207 Å². The summed E-state index contributed by atoms with van der Waals surface area (Å²) in [6.45, 7) is 3.83. The van der Waals surface area contributed by atoms with Gasteiger partial charge in [-0.25, -0.2) is 14.6 Å². The molecule has 0 saturated carbocycles. The van der Waals surface area contributed by atoms with Crippen LogP contribution in [0.5, 0.6) is 0 Å². The summed E-state index contributed by atoms with van der Waals surface area (Å²) in [5.41, 5.74) is 4.99. The second-order valence-corrected chi connectivity index (χ2v) is 9.40. The average molecular weight is 494 g/mol. The molecule has 0 saturated heterocycles. The molecule has 2 amide bonds. The number of aromatic nitrogens is 1. The summed E-state index contributed by atoms with van der Waals surface area (Å²) in [5.74, 6) is -1.74. The lowest BCUT2D eigenvalue weighted by molar-refractivity contribution is -0.143. The first-order valence-electron chi connectivity index (χ1n) is 11.5. The number of benzene rings is 2. The summed E-state index contributed by atoms with van der Waals surface area (Å²) in [6, 6.07) is 15.2. The summed E-state index contributed by atoms with van der Waals surface area (Å²) >= 11 is 1.17. The maximum Gasteiger partial charge on any atom is 0.413 e. The fourth-order valence-electron chi connectivity index (χ4n) is 4.24. The summed E-state index contributed by atoms with van der Waals surface area (Å²) in [5, 5.41) is 16.5. The van der Waals surface area contributed by atoms with Crippen molar-refractivity contribution in [3.63, 3.8) is 0 Å². The number of amides is 2. The molecule has 0 bridgehead atoms. The molecule has 3 aromatic rings. The van der Waals surface area contributed by atoms with Gasteiger partial charge >= 0.3 is 12.1 Å². The standard InChI is InChI=1S/C26H27N3O5S/c1-3-15(2)23(24(31)32)28-22(30)12-16-14-35-25(27-16)29-26(33)34-13-21-19-10-6-4-8-17(19)18-9-5-7-11-20(18)21/h4-11,14-15,21,23H,3,12-13H2,1-2H3,(H,28,30)(H,31,32)(H,27,29,33)/t15?,23-/m0/s1. The molecule has 2 aromatic carbocycles. The Morgan fingerprint density at radius 3 is 2.31 bits per heavy atom. The highest BCUT2D eigenvalue weighted by Gasteiger charge is 2.29. The smallest absolute Gasteiger partial charge is 0.413 e. The van der Waals surface area contributed by atoms with Crippen molar-refractivity contribution < 1.29 is 24.2 Å². The number of carbonyl (C=O) groups is 3. The summed E-state index contributed by atoms with van der Waals surface area (Å²) in [6.07, 6.45) is -0.0782. The number of carboxylic acid groups (broad SMARTS) is 1. The third-order valence-electron chi connectivity index (χ3n) is 6.24. The van der Waals surface area contributed by atoms with E-state index in [1.165, 1.54) is 11.3 Å². The maximum absolute atomic E-state index is 12.4. The quantitative estimate of drug-likeness (QED) is 0.399. The van der Waals surface area contributed by atoms with Gasteiger partial charge < -0.3 is 15.2 Å². The zero-order chi connectivity index (χ0) is 24.9. The van der Waals surface area contributed by atoms with Crippen molar-refractivity contribution in [1.29, 1.82) is 0 Å². The molecule has 2 atom stereocenters. The first-order valence-corrected chi connectivity index (χ1v) is 12.3. The molecule has 1 aromatic heterocycles. The van der Waals surface area contributed by atoms with Gasteiger partial charge in [0, 0.05) is 11.3 Å². The Bertz CT molecular complexity index is 1200. The van der Waals surface area contributed by atoms with E-state index in [2.05, 4.69) is 39.9 Å². The van der Waals surface area contributed by atoms with E-state index < -0.39 is 24.0 Å². The molecule has 4 rings (SSSR count). The number of thiazole rings is 1. The van der Waals surface area contributed by atoms with E-state index >= 15 is 0 Å². The Morgan fingerprint density at radius 1 is 1.09 bits per heavy atom. The maximum atomic E-state index is 12.4. The van der Waals surface area contributed by atoms with Crippen LogP contribution in [0.3, 0.4) is 0 Å². The summed E-state index contributed by atoms with van der Waals surface area (Å²) in [7, 11) is 0. The summed E-state index contributed by atoms with van der Waals surface area (Å²) in [4.78, 5) is 40.4. The average Bonchev–Trinajstić information content (AvgIpc) is 3.42. The van der Waals surface area contributed by atoms with Crippen molar-refractivity contribution in [2.45, 2.75) is 38.6 Å². The third-order valence-corrected chi connectivity index (χ3v) is 7.05. The highest BCUT2D eigenvalue weighted by Crippen LogP contribution is 2.44. The van der Waals surface area contributed by atoms with Gasteiger partial charge in [-0.15, -0.1) is 11.3 Å². The van der Waals surface area contributed by atoms with E-state index in [9.17, 15) is 19.5 Å². The highest BCUT2D eigenvalue weighted by molar-refractivity contribution is 7.13. The van der Waals surface area contributed by atoms with E-state index in [1.807, 2.05) is 31.2 Å². The van der Waals surface area contributed by atoms with Gasteiger partial charge in [0.1, 0.15) is 12.6 Å². The number of nitrogens with zero attached hydrogens (tertiary/aromatic N) is 1. The molecule has 1 aliphatic rings. The van der Waals surface area contributed by atoms with Crippen molar-refractivity contribution >= 4 is 34.4 Å². The molecule has 35 heavy (non-hydrogen) atoms. The van der Waals surface area contributed by atoms with Crippen LogP contribution in [0.4, 0.5) is 9.93 Å². The lowest BCUT2D eigenvalue weighted by atomic mass is 9.98. The van der Waals surface area contributed by atoms with E-state index in [1.54, 1.807) is 12.3 Å². The Morgan fingerprint density at radius 2 is 1.71 bits per heavy atom. The number of fused-ring (bicyclic) bond motifs is 3. The number of hydrogen-bond donors (Lipinski definition) is 3. The highest BCUT2D eigenvalue weighted by atomic mass is 32.1. The number of anilines is 1. The molecule has 9 heteroatoms. The van der Waals surface area contributed by atoms with Gasteiger partial charge in [-0.1, -0.05) is 68.8 Å². The molecular formula is C26H27N3O5S. The van der Waals surface area contributed by atoms with Crippen LogP contribution >= 0.6 is 11.3 Å². The van der Waals surface area contributed by atoms with E-state index in [0.29, 0.717) is 17.2 Å². The van der Waals surface area contributed by atoms with Crippen LogP contribution in [0.25, 0.3) is 11.1 Å². The number of aliphatic carboxylic acids is 1. The minimum absolute atomic E-state index is 0.0450. The number of carbonyl (C=O) groups excluding carboxylic acids is 2. The minimum atomic E-state index is -1.07. The molecule has 1 unspecified atom stereocenters. The molecule has 1 heterocycles. The van der Waals surface area contributed by atoms with Gasteiger partial charge in [0.2, 0.25) is 5.91 Å². The number of rotatable bonds is 9. The number of nitrogens with one attached hydrogen (secondary N) is 2. The number of hydrogen-bond acceptors (Lipinski definition) is 6. The Kier molecular flexibility index (Phi) is 7.45. The summed E-state index contributed by atoms with van der Waals surface area (Å²) < 4.78 is 5.52. The second kappa shape index (κ2) is 10.7. The van der Waals surface area contributed by atoms with E-state index in [0.717, 1.165) is 22.3 Å². The van der Waals surface area contributed by atoms with Gasteiger partial charge in [-0.2, -0.15) is 0 Å². The molecule has 0 aliphatic heterocycles. The zero-order valence-corrected chi connectivity index (χ0v) is 20.3. The number of ether oxygens (including phenoxy) is 1. The van der Waals surface area contributed by atoms with Crippen molar-refractivity contribution in [3.8, 4) is 11.1 Å². The molecule has 0 spiro atoms. The van der Waals surface area contributed by atoms with Crippen LogP contribution in [0.2, 0.25) is 0 Å². The zero-order valence-electron chi connectivity index (χ0n) is 19.5. The van der Waals surface area contributed by atoms with Gasteiger partial charge in [0.25, 0.3) is 0 Å². The predicted octanol–water partition coefficient (Wildman–Crippen LogP) is 4.66. The van der Waals surface area contributed by atoms with Gasteiger partial charge in [-0.3, -0.25) is 10.1 Å². The Balaban J connectivity index is 1.32. The minimum Gasteiger partial charge on any atom is -0.480 e. The van der Waals surface area contributed by atoms with Crippen LogP contribution in [0.15, 0.2) is 53.9 Å². The topological polar surface area (TPSA) is 118 Å². The van der Waals surface area contributed by atoms with Gasteiger partial charge in [0.05, 0.1) is 12.1 Å². The second-order valence-electron chi connectivity index (χ2n) is 8.54.